The zero-order valence-corrected chi connectivity index (χ0v) is 11.2. The van der Waals surface area contributed by atoms with Crippen LogP contribution in [0.15, 0.2) is 11.5 Å². The number of allylic oxidation sites excluding steroid dienone is 1. The van der Waals surface area contributed by atoms with Crippen molar-refractivity contribution in [3.05, 3.63) is 11.5 Å². The minimum Gasteiger partial charge on any atom is -0.489 e. The Balaban J connectivity index is 3.13. The summed E-state index contributed by atoms with van der Waals surface area (Å²) >= 11 is 0. The van der Waals surface area contributed by atoms with Crippen LogP contribution in [0.1, 0.15) is 19.8 Å². The fourth-order valence-electron chi connectivity index (χ4n) is 2.10. The predicted octanol–water partition coefficient (Wildman–Crippen LogP) is -2.42. The van der Waals surface area contributed by atoms with Crippen LogP contribution >= 0.6 is 0 Å². The largest absolute Gasteiger partial charge is 0.489 e. The van der Waals surface area contributed by atoms with Gasteiger partial charge in [-0.05, 0) is 6.92 Å². The third-order valence-corrected chi connectivity index (χ3v) is 2.90. The molecule has 7 nitrogen and oxygen atoms in total. The second kappa shape index (κ2) is 6.53. The monoisotopic (exact) mass is 273 g/mol. The van der Waals surface area contributed by atoms with Crippen molar-refractivity contribution in [3.63, 3.8) is 0 Å². The molecule has 0 unspecified atom stereocenters. The molecule has 0 aromatic heterocycles. The first-order chi connectivity index (χ1) is 8.95. The molecular formula is C12H21N2O5+. The van der Waals surface area contributed by atoms with Gasteiger partial charge in [0.15, 0.2) is 0 Å². The predicted molar refractivity (Wildman–Crippen MR) is 67.5 cm³/mol. The molecule has 0 radical (unpaired) electrons. The van der Waals surface area contributed by atoms with Crippen LogP contribution in [0.5, 0.6) is 0 Å². The summed E-state index contributed by atoms with van der Waals surface area (Å²) in [6, 6.07) is 0. The Hall–Kier alpha value is -1.60. The Morgan fingerprint density at radius 2 is 2.21 bits per heavy atom. The lowest BCUT2D eigenvalue weighted by Gasteiger charge is -2.31. The molecular weight excluding hydrogens is 252 g/mol. The van der Waals surface area contributed by atoms with Crippen molar-refractivity contribution in [2.75, 3.05) is 26.8 Å². The lowest BCUT2D eigenvalue weighted by Crippen LogP contribution is -2.77. The molecule has 7 heteroatoms. The molecule has 108 valence electrons. The normalized spacial score (nSPS) is 25.6. The molecule has 0 spiro atoms. The third kappa shape index (κ3) is 3.93. The maximum atomic E-state index is 10.6. The fraction of sp³-hybridized carbons (Fsp3) is 0.667. The lowest BCUT2D eigenvalue weighted by atomic mass is 9.85. The van der Waals surface area contributed by atoms with Gasteiger partial charge in [0.2, 0.25) is 18.0 Å². The van der Waals surface area contributed by atoms with E-state index in [1.807, 2.05) is 6.92 Å². The van der Waals surface area contributed by atoms with E-state index < -0.39 is 18.2 Å². The smallest absolute Gasteiger partial charge is 0.369 e. The van der Waals surface area contributed by atoms with Gasteiger partial charge in [-0.3, -0.25) is 0 Å². The molecule has 1 aliphatic rings. The standard InChI is InChI=1S/C12H20N2O5/c1-3-13-8-4-12(18,7-15)5-9(11(8)19-2)14-6-10(16)17/h13,15,18H,3-7H2,1-2H3,(H,16,17)/p+1/t12-/m1/s1. The van der Waals surface area contributed by atoms with Gasteiger partial charge in [-0.15, -0.1) is 0 Å². The van der Waals surface area contributed by atoms with E-state index in [-0.39, 0.29) is 19.4 Å². The van der Waals surface area contributed by atoms with Gasteiger partial charge in [-0.25, -0.2) is 9.79 Å². The van der Waals surface area contributed by atoms with E-state index in [1.54, 1.807) is 0 Å². The highest BCUT2D eigenvalue weighted by Crippen LogP contribution is 2.28. The number of carbonyl (C=O) groups is 1. The highest BCUT2D eigenvalue weighted by Gasteiger charge is 2.40. The van der Waals surface area contributed by atoms with Gasteiger partial charge in [0.1, 0.15) is 5.60 Å². The van der Waals surface area contributed by atoms with Crippen molar-refractivity contribution in [3.8, 4) is 0 Å². The van der Waals surface area contributed by atoms with Crippen LogP contribution in [0.2, 0.25) is 0 Å². The summed E-state index contributed by atoms with van der Waals surface area (Å²) in [6.45, 7) is 1.85. The molecule has 1 aliphatic carbocycles. The molecule has 0 aliphatic heterocycles. The summed E-state index contributed by atoms with van der Waals surface area (Å²) in [5, 5.41) is 31.3. The number of ether oxygens (including phenoxy) is 1. The maximum absolute atomic E-state index is 10.6. The van der Waals surface area contributed by atoms with Gasteiger partial charge in [-0.2, -0.15) is 0 Å². The summed E-state index contributed by atoms with van der Waals surface area (Å²) in [4.78, 5) is 13.3. The highest BCUT2D eigenvalue weighted by atomic mass is 16.5. The molecule has 0 bridgehead atoms. The fourth-order valence-corrected chi connectivity index (χ4v) is 2.10. The van der Waals surface area contributed by atoms with Gasteiger partial charge < -0.3 is 25.4 Å². The van der Waals surface area contributed by atoms with Crippen molar-refractivity contribution in [2.45, 2.75) is 25.4 Å². The molecule has 1 rings (SSSR count). The molecule has 0 fully saturated rings. The van der Waals surface area contributed by atoms with Crippen molar-refractivity contribution in [2.24, 2.45) is 0 Å². The first-order valence-electron chi connectivity index (χ1n) is 6.12. The molecule has 0 heterocycles. The zero-order valence-electron chi connectivity index (χ0n) is 11.2. The number of aliphatic hydroxyl groups is 2. The van der Waals surface area contributed by atoms with Crippen LogP contribution in [0.4, 0.5) is 0 Å². The second-order valence-corrected chi connectivity index (χ2v) is 4.50. The van der Waals surface area contributed by atoms with Crippen LogP contribution in [0, 0.1) is 0 Å². The minimum absolute atomic E-state index is 0.120. The van der Waals surface area contributed by atoms with E-state index in [0.29, 0.717) is 23.7 Å². The van der Waals surface area contributed by atoms with E-state index >= 15 is 0 Å². The summed E-state index contributed by atoms with van der Waals surface area (Å²) in [7, 11) is 1.48. The zero-order chi connectivity index (χ0) is 14.5. The van der Waals surface area contributed by atoms with E-state index in [4.69, 9.17) is 9.84 Å². The van der Waals surface area contributed by atoms with Gasteiger partial charge >= 0.3 is 5.97 Å². The van der Waals surface area contributed by atoms with E-state index in [2.05, 4.69) is 10.3 Å². The van der Waals surface area contributed by atoms with Crippen molar-refractivity contribution in [1.29, 1.82) is 0 Å². The number of rotatable bonds is 6. The van der Waals surface area contributed by atoms with Gasteiger partial charge in [0.25, 0.3) is 0 Å². The van der Waals surface area contributed by atoms with Crippen LogP contribution in [-0.2, 0) is 9.53 Å². The van der Waals surface area contributed by atoms with Gasteiger partial charge in [0.05, 0.1) is 25.8 Å². The Bertz CT molecular complexity index is 405. The number of nitrogens with one attached hydrogen (secondary N) is 2. The van der Waals surface area contributed by atoms with E-state index in [9.17, 15) is 15.0 Å². The summed E-state index contributed by atoms with van der Waals surface area (Å²) < 4.78 is 5.27. The molecule has 0 saturated carbocycles. The SMILES string of the molecule is CCNC1=C(OC)C(=[NH+]CC(=O)O)C[C@@](O)(CO)C1. The van der Waals surface area contributed by atoms with Gasteiger partial charge in [0, 0.05) is 13.0 Å². The molecule has 1 atom stereocenters. The van der Waals surface area contributed by atoms with Crippen LogP contribution in [0.25, 0.3) is 0 Å². The Morgan fingerprint density at radius 3 is 2.68 bits per heavy atom. The number of aliphatic hydroxyl groups excluding tert-OH is 1. The number of aliphatic carboxylic acids is 1. The van der Waals surface area contributed by atoms with Crippen molar-refractivity contribution >= 4 is 11.7 Å². The first kappa shape index (κ1) is 15.5. The summed E-state index contributed by atoms with van der Waals surface area (Å²) in [5.41, 5.74) is -0.176. The molecule has 0 aromatic rings. The van der Waals surface area contributed by atoms with Crippen LogP contribution in [0.3, 0.4) is 0 Å². The number of carboxylic acid groups (broad SMARTS) is 1. The molecule has 0 amide bonds. The van der Waals surface area contributed by atoms with E-state index in [1.165, 1.54) is 7.11 Å². The number of hydrogen-bond donors (Lipinski definition) is 5. The number of methoxy groups -OCH3 is 1. The average Bonchev–Trinajstić information content (AvgIpc) is 2.36. The highest BCUT2D eigenvalue weighted by molar-refractivity contribution is 5.96. The van der Waals surface area contributed by atoms with E-state index in [0.717, 1.165) is 0 Å². The molecule has 0 aromatic carbocycles. The summed E-state index contributed by atoms with van der Waals surface area (Å²) in [5.74, 6) is -0.507. The second-order valence-electron chi connectivity index (χ2n) is 4.50. The lowest BCUT2D eigenvalue weighted by molar-refractivity contribution is -0.449. The maximum Gasteiger partial charge on any atom is 0.369 e. The third-order valence-electron chi connectivity index (χ3n) is 2.90. The Labute approximate surface area is 111 Å². The topological polar surface area (TPSA) is 113 Å². The number of hydrogen-bond acceptors (Lipinski definition) is 5. The molecule has 5 N–H and O–H groups in total. The van der Waals surface area contributed by atoms with Crippen molar-refractivity contribution < 1.29 is 29.8 Å². The first-order valence-corrected chi connectivity index (χ1v) is 6.12. The molecule has 19 heavy (non-hydrogen) atoms. The van der Waals surface area contributed by atoms with Crippen LogP contribution < -0.4 is 10.3 Å². The Morgan fingerprint density at radius 1 is 1.53 bits per heavy atom. The van der Waals surface area contributed by atoms with Crippen LogP contribution in [-0.4, -0.2) is 59.4 Å². The number of carboxylic acids is 1. The average molecular weight is 273 g/mol. The minimum atomic E-state index is -1.31. The summed E-state index contributed by atoms with van der Waals surface area (Å²) in [6.07, 6.45) is 0.355. The Kier molecular flexibility index (Phi) is 5.31. The molecule has 0 saturated heterocycles. The quantitative estimate of drug-likeness (QED) is 0.368. The van der Waals surface area contributed by atoms with Gasteiger partial charge in [-0.1, -0.05) is 0 Å². The van der Waals surface area contributed by atoms with Crippen molar-refractivity contribution in [1.82, 2.24) is 5.32 Å².